The van der Waals surface area contributed by atoms with Gasteiger partial charge in [-0.15, -0.1) is 0 Å². The van der Waals surface area contributed by atoms with Crippen LogP contribution < -0.4 is 10.6 Å². The number of amides is 2. The SMILES string of the molecule is CC(C(=O)NCc1ccccc1)N1CCC(C(=O)Nc2ccccc2)CC1. The van der Waals surface area contributed by atoms with E-state index in [-0.39, 0.29) is 23.8 Å². The second kappa shape index (κ2) is 9.33. The van der Waals surface area contributed by atoms with Crippen molar-refractivity contribution in [2.45, 2.75) is 32.4 Å². The van der Waals surface area contributed by atoms with Crippen LogP contribution >= 0.6 is 0 Å². The lowest BCUT2D eigenvalue weighted by molar-refractivity contribution is -0.127. The van der Waals surface area contributed by atoms with E-state index in [9.17, 15) is 9.59 Å². The van der Waals surface area contributed by atoms with E-state index in [1.807, 2.05) is 67.6 Å². The Morgan fingerprint density at radius 3 is 2.22 bits per heavy atom. The summed E-state index contributed by atoms with van der Waals surface area (Å²) in [6.07, 6.45) is 1.55. The molecule has 1 aliphatic heterocycles. The molecule has 27 heavy (non-hydrogen) atoms. The molecule has 0 saturated carbocycles. The van der Waals surface area contributed by atoms with Crippen LogP contribution in [0.3, 0.4) is 0 Å². The predicted molar refractivity (Wildman–Crippen MR) is 107 cm³/mol. The topological polar surface area (TPSA) is 61.4 Å². The number of anilines is 1. The molecular weight excluding hydrogens is 338 g/mol. The van der Waals surface area contributed by atoms with Gasteiger partial charge in [0.15, 0.2) is 0 Å². The van der Waals surface area contributed by atoms with E-state index in [0.717, 1.165) is 37.2 Å². The van der Waals surface area contributed by atoms with Gasteiger partial charge >= 0.3 is 0 Å². The first kappa shape index (κ1) is 19.1. The van der Waals surface area contributed by atoms with Crippen molar-refractivity contribution in [3.63, 3.8) is 0 Å². The number of para-hydroxylation sites is 1. The summed E-state index contributed by atoms with van der Waals surface area (Å²) in [5.41, 5.74) is 1.92. The quantitative estimate of drug-likeness (QED) is 0.827. The molecule has 1 saturated heterocycles. The highest BCUT2D eigenvalue weighted by Gasteiger charge is 2.29. The highest BCUT2D eigenvalue weighted by Crippen LogP contribution is 2.21. The normalized spacial score (nSPS) is 16.5. The van der Waals surface area contributed by atoms with Gasteiger partial charge in [0, 0.05) is 18.2 Å². The van der Waals surface area contributed by atoms with Gasteiger partial charge in [-0.1, -0.05) is 48.5 Å². The van der Waals surface area contributed by atoms with E-state index in [4.69, 9.17) is 0 Å². The molecule has 3 rings (SSSR count). The lowest BCUT2D eigenvalue weighted by Crippen LogP contribution is -2.49. The fraction of sp³-hybridized carbons (Fsp3) is 0.364. The van der Waals surface area contributed by atoms with E-state index >= 15 is 0 Å². The maximum Gasteiger partial charge on any atom is 0.237 e. The van der Waals surface area contributed by atoms with Gasteiger partial charge in [0.1, 0.15) is 0 Å². The molecule has 1 heterocycles. The molecule has 0 radical (unpaired) electrons. The van der Waals surface area contributed by atoms with Crippen LogP contribution in [-0.4, -0.2) is 35.8 Å². The second-order valence-electron chi connectivity index (χ2n) is 7.04. The highest BCUT2D eigenvalue weighted by molar-refractivity contribution is 5.92. The van der Waals surface area contributed by atoms with Crippen molar-refractivity contribution in [2.24, 2.45) is 5.92 Å². The number of likely N-dealkylation sites (tertiary alicyclic amines) is 1. The number of carbonyl (C=O) groups excluding carboxylic acids is 2. The lowest BCUT2D eigenvalue weighted by atomic mass is 9.94. The van der Waals surface area contributed by atoms with Gasteiger partial charge in [-0.2, -0.15) is 0 Å². The number of nitrogens with zero attached hydrogens (tertiary/aromatic N) is 1. The summed E-state index contributed by atoms with van der Waals surface area (Å²) in [5, 5.41) is 5.98. The van der Waals surface area contributed by atoms with Gasteiger partial charge in [-0.05, 0) is 50.6 Å². The Kier molecular flexibility index (Phi) is 6.60. The minimum absolute atomic E-state index is 0.000959. The lowest BCUT2D eigenvalue weighted by Gasteiger charge is -2.34. The Bertz CT molecular complexity index is 741. The van der Waals surface area contributed by atoms with Crippen molar-refractivity contribution in [3.05, 3.63) is 66.2 Å². The zero-order valence-corrected chi connectivity index (χ0v) is 15.7. The minimum atomic E-state index is -0.188. The van der Waals surface area contributed by atoms with E-state index < -0.39 is 0 Å². The third-order valence-corrected chi connectivity index (χ3v) is 5.18. The molecule has 2 aromatic rings. The molecule has 1 unspecified atom stereocenters. The monoisotopic (exact) mass is 365 g/mol. The summed E-state index contributed by atoms with van der Waals surface area (Å²) in [7, 11) is 0. The highest BCUT2D eigenvalue weighted by atomic mass is 16.2. The number of hydrogen-bond acceptors (Lipinski definition) is 3. The number of piperidine rings is 1. The largest absolute Gasteiger partial charge is 0.351 e. The maximum atomic E-state index is 12.4. The van der Waals surface area contributed by atoms with Crippen molar-refractivity contribution >= 4 is 17.5 Å². The van der Waals surface area contributed by atoms with Crippen LogP contribution in [0.5, 0.6) is 0 Å². The van der Waals surface area contributed by atoms with Gasteiger partial charge in [-0.25, -0.2) is 0 Å². The van der Waals surface area contributed by atoms with E-state index in [1.165, 1.54) is 0 Å². The minimum Gasteiger partial charge on any atom is -0.351 e. The first-order valence-electron chi connectivity index (χ1n) is 9.55. The molecule has 5 heteroatoms. The van der Waals surface area contributed by atoms with Crippen LogP contribution in [0.4, 0.5) is 5.69 Å². The van der Waals surface area contributed by atoms with Crippen molar-refractivity contribution in [1.82, 2.24) is 10.2 Å². The first-order chi connectivity index (χ1) is 13.1. The summed E-state index contributed by atoms with van der Waals surface area (Å²) < 4.78 is 0. The molecule has 0 bridgehead atoms. The molecule has 0 aromatic heterocycles. The van der Waals surface area contributed by atoms with Crippen molar-refractivity contribution in [3.8, 4) is 0 Å². The van der Waals surface area contributed by atoms with Crippen LogP contribution in [0.2, 0.25) is 0 Å². The standard InChI is InChI=1S/C22H27N3O2/c1-17(21(26)23-16-18-8-4-2-5-9-18)25-14-12-19(13-15-25)22(27)24-20-10-6-3-7-11-20/h2-11,17,19H,12-16H2,1H3,(H,23,26)(H,24,27). The molecule has 142 valence electrons. The zero-order chi connectivity index (χ0) is 19.1. The molecule has 1 aliphatic rings. The predicted octanol–water partition coefficient (Wildman–Crippen LogP) is 3.04. The summed E-state index contributed by atoms with van der Waals surface area (Å²) in [6, 6.07) is 19.3. The summed E-state index contributed by atoms with van der Waals surface area (Å²) >= 11 is 0. The Balaban J connectivity index is 1.43. The van der Waals surface area contributed by atoms with Crippen LogP contribution in [-0.2, 0) is 16.1 Å². The summed E-state index contributed by atoms with van der Waals surface area (Å²) in [4.78, 5) is 27.0. The number of benzene rings is 2. The van der Waals surface area contributed by atoms with Crippen molar-refractivity contribution in [1.29, 1.82) is 0 Å². The molecule has 2 aromatic carbocycles. The fourth-order valence-corrected chi connectivity index (χ4v) is 3.41. The zero-order valence-electron chi connectivity index (χ0n) is 15.7. The molecule has 0 spiro atoms. The van der Waals surface area contributed by atoms with Crippen molar-refractivity contribution in [2.75, 3.05) is 18.4 Å². The molecule has 2 N–H and O–H groups in total. The maximum absolute atomic E-state index is 12.4. The average Bonchev–Trinajstić information content (AvgIpc) is 2.73. The third kappa shape index (κ3) is 5.41. The second-order valence-corrected chi connectivity index (χ2v) is 7.04. The molecule has 5 nitrogen and oxygen atoms in total. The van der Waals surface area contributed by atoms with Gasteiger partial charge < -0.3 is 10.6 Å². The van der Waals surface area contributed by atoms with Crippen LogP contribution in [0.1, 0.15) is 25.3 Å². The summed E-state index contributed by atoms with van der Waals surface area (Å²) in [6.45, 7) is 3.99. The molecule has 0 aliphatic carbocycles. The molecule has 1 fully saturated rings. The number of hydrogen-bond donors (Lipinski definition) is 2. The Morgan fingerprint density at radius 2 is 1.59 bits per heavy atom. The molecule has 2 amide bonds. The Labute approximate surface area is 160 Å². The third-order valence-electron chi connectivity index (χ3n) is 5.18. The molecular formula is C22H27N3O2. The van der Waals surface area contributed by atoms with Crippen LogP contribution in [0.15, 0.2) is 60.7 Å². The fourth-order valence-electron chi connectivity index (χ4n) is 3.41. The van der Waals surface area contributed by atoms with Crippen LogP contribution in [0, 0.1) is 5.92 Å². The number of nitrogens with one attached hydrogen (secondary N) is 2. The Hall–Kier alpha value is -2.66. The average molecular weight is 365 g/mol. The number of carbonyl (C=O) groups is 2. The smallest absolute Gasteiger partial charge is 0.237 e. The van der Waals surface area contributed by atoms with E-state index in [2.05, 4.69) is 15.5 Å². The summed E-state index contributed by atoms with van der Waals surface area (Å²) in [5.74, 6) is 0.106. The first-order valence-corrected chi connectivity index (χ1v) is 9.55. The van der Waals surface area contributed by atoms with E-state index in [0.29, 0.717) is 6.54 Å². The van der Waals surface area contributed by atoms with Gasteiger partial charge in [0.2, 0.25) is 11.8 Å². The van der Waals surface area contributed by atoms with Crippen LogP contribution in [0.25, 0.3) is 0 Å². The Morgan fingerprint density at radius 1 is 1.00 bits per heavy atom. The van der Waals surface area contributed by atoms with Gasteiger partial charge in [0.25, 0.3) is 0 Å². The van der Waals surface area contributed by atoms with Gasteiger partial charge in [-0.3, -0.25) is 14.5 Å². The number of rotatable bonds is 6. The van der Waals surface area contributed by atoms with Crippen molar-refractivity contribution < 1.29 is 9.59 Å². The van der Waals surface area contributed by atoms with E-state index in [1.54, 1.807) is 0 Å². The molecule has 1 atom stereocenters. The van der Waals surface area contributed by atoms with Gasteiger partial charge in [0.05, 0.1) is 6.04 Å².